The Morgan fingerprint density at radius 3 is 2.37 bits per heavy atom. The average molecular weight is 367 g/mol. The van der Waals surface area contributed by atoms with E-state index in [9.17, 15) is 9.59 Å². The van der Waals surface area contributed by atoms with E-state index in [1.165, 1.54) is 0 Å². The Balaban J connectivity index is 1.37. The van der Waals surface area contributed by atoms with Crippen LogP contribution in [-0.2, 0) is 0 Å². The van der Waals surface area contributed by atoms with Gasteiger partial charge in [0.1, 0.15) is 5.75 Å². The molecule has 3 amide bonds. The lowest BCUT2D eigenvalue weighted by atomic mass is 9.97. The third-order valence-corrected chi connectivity index (χ3v) is 4.68. The summed E-state index contributed by atoms with van der Waals surface area (Å²) in [6.07, 6.45) is 1.37. The van der Waals surface area contributed by atoms with Gasteiger partial charge in [-0.2, -0.15) is 0 Å². The molecule has 1 aliphatic rings. The Kier molecular flexibility index (Phi) is 6.30. The van der Waals surface area contributed by atoms with Crippen molar-refractivity contribution >= 4 is 17.8 Å². The number of carbonyl (C=O) groups is 2. The van der Waals surface area contributed by atoms with Crippen molar-refractivity contribution < 1.29 is 14.3 Å². The zero-order valence-electron chi connectivity index (χ0n) is 15.5. The van der Waals surface area contributed by atoms with Crippen LogP contribution in [0, 0.1) is 12.8 Å². The summed E-state index contributed by atoms with van der Waals surface area (Å²) in [6, 6.07) is 16.6. The van der Waals surface area contributed by atoms with Crippen LogP contribution in [0.5, 0.6) is 5.75 Å². The van der Waals surface area contributed by atoms with E-state index in [1.807, 2.05) is 49.4 Å². The van der Waals surface area contributed by atoms with Crippen molar-refractivity contribution in [1.82, 2.24) is 10.2 Å². The van der Waals surface area contributed by atoms with Gasteiger partial charge in [-0.15, -0.1) is 0 Å². The number of benzene rings is 2. The van der Waals surface area contributed by atoms with Crippen molar-refractivity contribution in [3.05, 3.63) is 60.2 Å². The van der Waals surface area contributed by atoms with Crippen LogP contribution in [0.15, 0.2) is 54.6 Å². The van der Waals surface area contributed by atoms with Gasteiger partial charge in [-0.25, -0.2) is 9.59 Å². The van der Waals surface area contributed by atoms with Crippen LogP contribution < -0.4 is 15.4 Å². The summed E-state index contributed by atoms with van der Waals surface area (Å²) in [5.41, 5.74) is 1.93. The molecule has 1 saturated heterocycles. The predicted molar refractivity (Wildman–Crippen MR) is 105 cm³/mol. The Bertz CT molecular complexity index is 754. The normalized spacial score (nSPS) is 14.5. The van der Waals surface area contributed by atoms with Crippen molar-refractivity contribution in [3.63, 3.8) is 0 Å². The molecule has 0 aromatic heterocycles. The first-order valence-electron chi connectivity index (χ1n) is 9.23. The number of carbonyl (C=O) groups excluding carboxylic acids is 2. The maximum atomic E-state index is 12.2. The molecule has 2 aromatic carbocycles. The van der Waals surface area contributed by atoms with Gasteiger partial charge in [0.15, 0.2) is 0 Å². The molecule has 0 aliphatic carbocycles. The van der Waals surface area contributed by atoms with Gasteiger partial charge in [0.2, 0.25) is 0 Å². The molecular weight excluding hydrogens is 342 g/mol. The second kappa shape index (κ2) is 9.07. The highest BCUT2D eigenvalue weighted by Gasteiger charge is 2.24. The monoisotopic (exact) mass is 367 g/mol. The molecule has 142 valence electrons. The third-order valence-electron chi connectivity index (χ3n) is 4.68. The molecule has 27 heavy (non-hydrogen) atoms. The van der Waals surface area contributed by atoms with E-state index in [2.05, 4.69) is 10.6 Å². The highest BCUT2D eigenvalue weighted by atomic mass is 16.6. The minimum Gasteiger partial charge on any atom is -0.410 e. The number of anilines is 1. The summed E-state index contributed by atoms with van der Waals surface area (Å²) in [5.74, 6) is 0.911. The van der Waals surface area contributed by atoms with E-state index in [-0.39, 0.29) is 12.1 Å². The third kappa shape index (κ3) is 5.74. The summed E-state index contributed by atoms with van der Waals surface area (Å²) < 4.78 is 5.37. The van der Waals surface area contributed by atoms with Crippen molar-refractivity contribution in [1.29, 1.82) is 0 Å². The molecule has 6 heteroatoms. The lowest BCUT2D eigenvalue weighted by Crippen LogP contribution is -2.43. The minimum absolute atomic E-state index is 0.204. The molecule has 0 unspecified atom stereocenters. The van der Waals surface area contributed by atoms with E-state index in [4.69, 9.17) is 4.74 Å². The Labute approximate surface area is 159 Å². The zero-order valence-corrected chi connectivity index (χ0v) is 15.5. The largest absolute Gasteiger partial charge is 0.415 e. The fourth-order valence-corrected chi connectivity index (χ4v) is 3.02. The van der Waals surface area contributed by atoms with Crippen LogP contribution in [0.3, 0.4) is 0 Å². The molecular formula is C21H25N3O3. The summed E-state index contributed by atoms with van der Waals surface area (Å²) in [6.45, 7) is 3.88. The van der Waals surface area contributed by atoms with E-state index < -0.39 is 0 Å². The van der Waals surface area contributed by atoms with Crippen LogP contribution in [0.4, 0.5) is 15.3 Å². The van der Waals surface area contributed by atoms with Crippen molar-refractivity contribution in [2.24, 2.45) is 5.92 Å². The number of urea groups is 1. The fraction of sp³-hybridized carbons (Fsp3) is 0.333. The molecule has 1 heterocycles. The number of para-hydroxylation sites is 1. The molecule has 0 saturated carbocycles. The molecule has 1 fully saturated rings. The van der Waals surface area contributed by atoms with Gasteiger partial charge >= 0.3 is 12.1 Å². The zero-order chi connectivity index (χ0) is 19.1. The first kappa shape index (κ1) is 18.8. The van der Waals surface area contributed by atoms with Gasteiger partial charge in [0.25, 0.3) is 0 Å². The molecule has 0 radical (unpaired) electrons. The quantitative estimate of drug-likeness (QED) is 0.857. The maximum Gasteiger partial charge on any atom is 0.415 e. The number of nitrogens with one attached hydrogen (secondary N) is 2. The van der Waals surface area contributed by atoms with Gasteiger partial charge in [-0.1, -0.05) is 35.9 Å². The SMILES string of the molecule is Cc1ccc(NC(=O)NCC2CCN(C(=O)Oc3ccccc3)CC2)cc1. The number of rotatable bonds is 4. The number of ether oxygens (including phenoxy) is 1. The molecule has 6 nitrogen and oxygen atoms in total. The number of likely N-dealkylation sites (tertiary alicyclic amines) is 1. The summed E-state index contributed by atoms with van der Waals surface area (Å²) in [7, 11) is 0. The second-order valence-electron chi connectivity index (χ2n) is 6.81. The standard InChI is InChI=1S/C21H25N3O3/c1-16-7-9-18(10-8-16)23-20(25)22-15-17-11-13-24(14-12-17)21(26)27-19-5-3-2-4-6-19/h2-10,17H,11-15H2,1H3,(H2,22,23,25). The van der Waals surface area contributed by atoms with Crippen molar-refractivity contribution in [2.75, 3.05) is 25.0 Å². The van der Waals surface area contributed by atoms with E-state index in [0.717, 1.165) is 24.1 Å². The van der Waals surface area contributed by atoms with Gasteiger partial charge in [-0.3, -0.25) is 0 Å². The van der Waals surface area contributed by atoms with Crippen LogP contribution >= 0.6 is 0 Å². The summed E-state index contributed by atoms with van der Waals surface area (Å²) in [5, 5.41) is 5.74. The molecule has 1 aliphatic heterocycles. The maximum absolute atomic E-state index is 12.2. The van der Waals surface area contributed by atoms with Crippen LogP contribution in [0.2, 0.25) is 0 Å². The lowest BCUT2D eigenvalue weighted by molar-refractivity contribution is 0.130. The highest BCUT2D eigenvalue weighted by molar-refractivity contribution is 5.89. The van der Waals surface area contributed by atoms with Crippen molar-refractivity contribution in [3.8, 4) is 5.75 Å². The van der Waals surface area contributed by atoms with E-state index in [0.29, 0.717) is 31.3 Å². The van der Waals surface area contributed by atoms with Crippen LogP contribution in [0.1, 0.15) is 18.4 Å². The first-order valence-corrected chi connectivity index (χ1v) is 9.23. The summed E-state index contributed by atoms with van der Waals surface area (Å²) >= 11 is 0. The lowest BCUT2D eigenvalue weighted by Gasteiger charge is -2.31. The second-order valence-corrected chi connectivity index (χ2v) is 6.81. The molecule has 2 N–H and O–H groups in total. The first-order chi connectivity index (χ1) is 13.1. The Morgan fingerprint density at radius 1 is 1.04 bits per heavy atom. The van der Waals surface area contributed by atoms with Crippen molar-refractivity contribution in [2.45, 2.75) is 19.8 Å². The average Bonchev–Trinajstić information content (AvgIpc) is 2.69. The molecule has 3 rings (SSSR count). The Hall–Kier alpha value is -3.02. The highest BCUT2D eigenvalue weighted by Crippen LogP contribution is 2.18. The molecule has 2 aromatic rings. The van der Waals surface area contributed by atoms with Gasteiger partial charge in [0, 0.05) is 25.3 Å². The summed E-state index contributed by atoms with van der Waals surface area (Å²) in [4.78, 5) is 25.9. The topological polar surface area (TPSA) is 70.7 Å². The fourth-order valence-electron chi connectivity index (χ4n) is 3.02. The number of nitrogens with zero attached hydrogens (tertiary/aromatic N) is 1. The number of amides is 3. The minimum atomic E-state index is -0.315. The van der Waals surface area contributed by atoms with Crippen LogP contribution in [-0.4, -0.2) is 36.7 Å². The number of piperidine rings is 1. The molecule has 0 atom stereocenters. The predicted octanol–water partition coefficient (Wildman–Crippen LogP) is 4.03. The van der Waals surface area contributed by atoms with Gasteiger partial charge in [0.05, 0.1) is 0 Å². The van der Waals surface area contributed by atoms with E-state index >= 15 is 0 Å². The molecule has 0 spiro atoms. The number of aryl methyl sites for hydroxylation is 1. The number of hydrogen-bond donors (Lipinski definition) is 2. The van der Waals surface area contributed by atoms with Gasteiger partial charge in [-0.05, 0) is 49.9 Å². The smallest absolute Gasteiger partial charge is 0.410 e. The van der Waals surface area contributed by atoms with Gasteiger partial charge < -0.3 is 20.3 Å². The van der Waals surface area contributed by atoms with Crippen LogP contribution in [0.25, 0.3) is 0 Å². The number of hydrogen-bond acceptors (Lipinski definition) is 3. The Morgan fingerprint density at radius 2 is 1.70 bits per heavy atom. The molecule has 0 bridgehead atoms. The van der Waals surface area contributed by atoms with E-state index in [1.54, 1.807) is 17.0 Å².